The molecule has 1 N–H and O–H groups in total. The predicted molar refractivity (Wildman–Crippen MR) is 79.2 cm³/mol. The highest BCUT2D eigenvalue weighted by molar-refractivity contribution is 5.98. The molecule has 3 fully saturated rings. The molecule has 2 aliphatic heterocycles. The molecule has 0 radical (unpaired) electrons. The summed E-state index contributed by atoms with van der Waals surface area (Å²) in [6, 6.07) is 0. The van der Waals surface area contributed by atoms with Crippen LogP contribution in [-0.4, -0.2) is 47.9 Å². The molecule has 0 aromatic rings. The number of fused-ring (bicyclic) bond motifs is 1. The van der Waals surface area contributed by atoms with Gasteiger partial charge in [-0.2, -0.15) is 0 Å². The van der Waals surface area contributed by atoms with Gasteiger partial charge in [-0.05, 0) is 33.6 Å². The molecule has 6 heteroatoms. The third-order valence-corrected chi connectivity index (χ3v) is 5.31. The Hall–Kier alpha value is -1.59. The van der Waals surface area contributed by atoms with Gasteiger partial charge in [-0.15, -0.1) is 0 Å². The lowest BCUT2D eigenvalue weighted by molar-refractivity contribution is -0.150. The lowest BCUT2D eigenvalue weighted by atomic mass is 9.52. The first-order chi connectivity index (χ1) is 10.2. The van der Waals surface area contributed by atoms with E-state index in [1.807, 2.05) is 20.8 Å². The van der Waals surface area contributed by atoms with Crippen LogP contribution in [0.2, 0.25) is 0 Å². The highest BCUT2D eigenvalue weighted by Gasteiger charge is 2.66. The van der Waals surface area contributed by atoms with Gasteiger partial charge in [0.05, 0.1) is 12.0 Å². The van der Waals surface area contributed by atoms with Crippen molar-refractivity contribution in [2.24, 2.45) is 10.8 Å². The summed E-state index contributed by atoms with van der Waals surface area (Å²) < 4.78 is 5.45. The second kappa shape index (κ2) is 4.70. The number of nitrogens with zero attached hydrogens (tertiary/aromatic N) is 1. The van der Waals surface area contributed by atoms with Crippen molar-refractivity contribution in [3.05, 3.63) is 0 Å². The zero-order chi connectivity index (χ0) is 16.2. The summed E-state index contributed by atoms with van der Waals surface area (Å²) in [7, 11) is 0. The number of rotatable bonds is 0. The smallest absolute Gasteiger partial charge is 0.410 e. The maximum atomic E-state index is 12.6. The summed E-state index contributed by atoms with van der Waals surface area (Å²) in [5.41, 5.74) is -1.56. The molecule has 0 aromatic heterocycles. The van der Waals surface area contributed by atoms with Crippen molar-refractivity contribution < 1.29 is 19.1 Å². The molecule has 0 aromatic carbocycles. The molecule has 2 saturated heterocycles. The number of Topliss-reactive ketones (excluding diaryl/α,β-unsaturated/α-hetero) is 1. The molecule has 1 aliphatic carbocycles. The molecule has 22 heavy (non-hydrogen) atoms. The van der Waals surface area contributed by atoms with Crippen LogP contribution in [0.4, 0.5) is 4.79 Å². The number of ketones is 1. The Balaban J connectivity index is 1.86. The van der Waals surface area contributed by atoms with E-state index in [1.165, 1.54) is 0 Å². The summed E-state index contributed by atoms with van der Waals surface area (Å²) in [4.78, 5) is 38.6. The summed E-state index contributed by atoms with van der Waals surface area (Å²) >= 11 is 0. The Morgan fingerprint density at radius 3 is 2.45 bits per heavy atom. The molecule has 122 valence electrons. The average molecular weight is 308 g/mol. The summed E-state index contributed by atoms with van der Waals surface area (Å²) in [6.07, 6.45) is 2.70. The van der Waals surface area contributed by atoms with Crippen LogP contribution in [0.3, 0.4) is 0 Å². The number of carbonyl (C=O) groups excluding carboxylic acids is 3. The van der Waals surface area contributed by atoms with Gasteiger partial charge in [-0.25, -0.2) is 4.79 Å². The van der Waals surface area contributed by atoms with E-state index in [2.05, 4.69) is 5.32 Å². The fourth-order valence-electron chi connectivity index (χ4n) is 4.15. The SMILES string of the molecule is CC(C)(C)OC(=O)N1CC2(CCC2)C2(CC(=O)CNC2=O)C1. The normalized spacial score (nSPS) is 30.4. The van der Waals surface area contributed by atoms with E-state index in [-0.39, 0.29) is 36.2 Å². The molecular weight excluding hydrogens is 284 g/mol. The van der Waals surface area contributed by atoms with E-state index >= 15 is 0 Å². The number of hydrogen-bond acceptors (Lipinski definition) is 4. The van der Waals surface area contributed by atoms with Crippen molar-refractivity contribution in [2.75, 3.05) is 19.6 Å². The van der Waals surface area contributed by atoms with Crippen LogP contribution in [-0.2, 0) is 14.3 Å². The van der Waals surface area contributed by atoms with Gasteiger partial charge in [0.25, 0.3) is 0 Å². The molecule has 1 saturated carbocycles. The molecule has 0 bridgehead atoms. The van der Waals surface area contributed by atoms with Gasteiger partial charge in [0.15, 0.2) is 5.78 Å². The number of carbonyl (C=O) groups is 3. The number of piperidine rings is 1. The Morgan fingerprint density at radius 1 is 1.23 bits per heavy atom. The van der Waals surface area contributed by atoms with Crippen LogP contribution in [0.25, 0.3) is 0 Å². The van der Waals surface area contributed by atoms with Crippen LogP contribution in [0.1, 0.15) is 46.5 Å². The third kappa shape index (κ3) is 2.20. The Morgan fingerprint density at radius 2 is 1.91 bits per heavy atom. The van der Waals surface area contributed by atoms with Crippen molar-refractivity contribution in [2.45, 2.75) is 52.1 Å². The fourth-order valence-corrected chi connectivity index (χ4v) is 4.15. The first-order valence-corrected chi connectivity index (χ1v) is 7.96. The van der Waals surface area contributed by atoms with E-state index in [0.29, 0.717) is 13.1 Å². The van der Waals surface area contributed by atoms with Crippen LogP contribution in [0.15, 0.2) is 0 Å². The minimum atomic E-state index is -0.752. The van der Waals surface area contributed by atoms with Gasteiger partial charge < -0.3 is 15.0 Å². The fraction of sp³-hybridized carbons (Fsp3) is 0.812. The second-order valence-electron chi connectivity index (χ2n) is 7.95. The van der Waals surface area contributed by atoms with Gasteiger partial charge in [0.1, 0.15) is 5.60 Å². The minimum Gasteiger partial charge on any atom is -0.444 e. The van der Waals surface area contributed by atoms with Crippen LogP contribution < -0.4 is 5.32 Å². The van der Waals surface area contributed by atoms with Gasteiger partial charge in [0.2, 0.25) is 5.91 Å². The Labute approximate surface area is 130 Å². The number of hydrogen-bond donors (Lipinski definition) is 1. The third-order valence-electron chi connectivity index (χ3n) is 5.31. The van der Waals surface area contributed by atoms with Crippen molar-refractivity contribution in [1.82, 2.24) is 10.2 Å². The minimum absolute atomic E-state index is 0.0527. The molecule has 1 atom stereocenters. The highest BCUT2D eigenvalue weighted by atomic mass is 16.6. The lowest BCUT2D eigenvalue weighted by Gasteiger charge is -2.50. The molecule has 3 aliphatic rings. The zero-order valence-electron chi connectivity index (χ0n) is 13.5. The standard InChI is InChI=1S/C16H24N2O4/c1-14(2,3)22-13(21)18-9-15(5-4-6-15)16(10-18)7-11(19)8-17-12(16)20/h4-10H2,1-3H3,(H,17,20). The number of nitrogens with one attached hydrogen (secondary N) is 1. The number of ether oxygens (including phenoxy) is 1. The first kappa shape index (κ1) is 15.3. The van der Waals surface area contributed by atoms with E-state index < -0.39 is 11.0 Å². The summed E-state index contributed by atoms with van der Waals surface area (Å²) in [5.74, 6) is -0.0187. The largest absolute Gasteiger partial charge is 0.444 e. The van der Waals surface area contributed by atoms with Crippen molar-refractivity contribution >= 4 is 17.8 Å². The summed E-state index contributed by atoms with van der Waals surface area (Å²) in [6.45, 7) is 6.40. The maximum Gasteiger partial charge on any atom is 0.410 e. The van der Waals surface area contributed by atoms with E-state index in [4.69, 9.17) is 4.74 Å². The molecular formula is C16H24N2O4. The van der Waals surface area contributed by atoms with Gasteiger partial charge in [-0.1, -0.05) is 6.42 Å². The quantitative estimate of drug-likeness (QED) is 0.735. The highest BCUT2D eigenvalue weighted by Crippen LogP contribution is 2.61. The van der Waals surface area contributed by atoms with Crippen molar-refractivity contribution in [3.63, 3.8) is 0 Å². The van der Waals surface area contributed by atoms with Crippen LogP contribution >= 0.6 is 0 Å². The summed E-state index contributed by atoms with van der Waals surface area (Å²) in [5, 5.41) is 2.73. The van der Waals surface area contributed by atoms with E-state index in [1.54, 1.807) is 4.90 Å². The molecule has 2 spiro atoms. The molecule has 2 heterocycles. The molecule has 1 unspecified atom stereocenters. The molecule has 2 amide bonds. The Kier molecular flexibility index (Phi) is 3.27. The molecule has 6 nitrogen and oxygen atoms in total. The van der Waals surface area contributed by atoms with Crippen LogP contribution in [0.5, 0.6) is 0 Å². The monoisotopic (exact) mass is 308 g/mol. The van der Waals surface area contributed by atoms with Gasteiger partial charge >= 0.3 is 6.09 Å². The second-order valence-corrected chi connectivity index (χ2v) is 7.95. The number of amides is 2. The predicted octanol–water partition coefficient (Wildman–Crippen LogP) is 1.48. The van der Waals surface area contributed by atoms with E-state index in [0.717, 1.165) is 19.3 Å². The van der Waals surface area contributed by atoms with Crippen LogP contribution in [0, 0.1) is 10.8 Å². The molecule has 3 rings (SSSR count). The first-order valence-electron chi connectivity index (χ1n) is 7.96. The maximum absolute atomic E-state index is 12.6. The number of likely N-dealkylation sites (tertiary alicyclic amines) is 1. The van der Waals surface area contributed by atoms with Gasteiger partial charge in [-0.3, -0.25) is 9.59 Å². The topological polar surface area (TPSA) is 75.7 Å². The van der Waals surface area contributed by atoms with Crippen molar-refractivity contribution in [1.29, 1.82) is 0 Å². The average Bonchev–Trinajstić information content (AvgIpc) is 2.68. The van der Waals surface area contributed by atoms with Crippen molar-refractivity contribution in [3.8, 4) is 0 Å². The van der Waals surface area contributed by atoms with Gasteiger partial charge in [0, 0.05) is 24.9 Å². The lowest BCUT2D eigenvalue weighted by Crippen LogP contribution is -2.60. The van der Waals surface area contributed by atoms with E-state index in [9.17, 15) is 14.4 Å². The Bertz CT molecular complexity index is 533. The zero-order valence-corrected chi connectivity index (χ0v) is 13.5.